The van der Waals surface area contributed by atoms with Gasteiger partial charge in [-0.25, -0.2) is 0 Å². The van der Waals surface area contributed by atoms with E-state index < -0.39 is 5.60 Å². The topological polar surface area (TPSA) is 52.6 Å². The van der Waals surface area contributed by atoms with E-state index in [0.29, 0.717) is 12.8 Å². The molecule has 0 saturated heterocycles. The molecular weight excluding hydrogens is 232 g/mol. The summed E-state index contributed by atoms with van der Waals surface area (Å²) in [5.41, 5.74) is 0.558. The minimum Gasteiger partial charge on any atom is -0.458 e. The van der Waals surface area contributed by atoms with Gasteiger partial charge in [0.05, 0.1) is 0 Å². The van der Waals surface area contributed by atoms with Gasteiger partial charge in [-0.2, -0.15) is 0 Å². The van der Waals surface area contributed by atoms with E-state index >= 15 is 0 Å². The lowest BCUT2D eigenvalue weighted by Gasteiger charge is -2.37. The number of hydrogen-bond donors (Lipinski definition) is 0. The van der Waals surface area contributed by atoms with E-state index in [2.05, 4.69) is 13.0 Å². The second-order valence-corrected chi connectivity index (χ2v) is 5.13. The van der Waals surface area contributed by atoms with Crippen LogP contribution >= 0.6 is 0 Å². The first-order chi connectivity index (χ1) is 8.33. The van der Waals surface area contributed by atoms with Crippen LogP contribution < -0.4 is 0 Å². The second kappa shape index (κ2) is 6.03. The molecule has 0 heterocycles. The molecule has 102 valence electrons. The van der Waals surface area contributed by atoms with Crippen LogP contribution in [0.15, 0.2) is 11.6 Å². The molecule has 2 atom stereocenters. The zero-order valence-electron chi connectivity index (χ0n) is 11.6. The van der Waals surface area contributed by atoms with Crippen molar-refractivity contribution < 1.29 is 19.1 Å². The Bertz CT molecular complexity index is 359. The SMILES string of the molecule is CC(=O)OC1CC/C=C(/C)CCC1(C)OC(C)=O. The first kappa shape index (κ1) is 14.7. The smallest absolute Gasteiger partial charge is 0.303 e. The zero-order valence-corrected chi connectivity index (χ0v) is 11.6. The van der Waals surface area contributed by atoms with Crippen molar-refractivity contribution in [3.05, 3.63) is 11.6 Å². The number of rotatable bonds is 2. The van der Waals surface area contributed by atoms with E-state index in [0.717, 1.165) is 12.8 Å². The van der Waals surface area contributed by atoms with Crippen molar-refractivity contribution in [3.8, 4) is 0 Å². The van der Waals surface area contributed by atoms with E-state index in [4.69, 9.17) is 9.47 Å². The summed E-state index contributed by atoms with van der Waals surface area (Å²) in [5.74, 6) is -0.670. The minimum atomic E-state index is -0.729. The molecule has 18 heavy (non-hydrogen) atoms. The van der Waals surface area contributed by atoms with Gasteiger partial charge in [0.15, 0.2) is 0 Å². The average molecular weight is 254 g/mol. The van der Waals surface area contributed by atoms with Gasteiger partial charge in [-0.1, -0.05) is 11.6 Å². The lowest BCUT2D eigenvalue weighted by Crippen LogP contribution is -2.46. The van der Waals surface area contributed by atoms with Gasteiger partial charge >= 0.3 is 11.9 Å². The molecule has 2 unspecified atom stereocenters. The Morgan fingerprint density at radius 1 is 1.33 bits per heavy atom. The van der Waals surface area contributed by atoms with Crippen LogP contribution in [0.2, 0.25) is 0 Å². The maximum atomic E-state index is 11.3. The Morgan fingerprint density at radius 3 is 2.56 bits per heavy atom. The van der Waals surface area contributed by atoms with Crippen molar-refractivity contribution >= 4 is 11.9 Å². The van der Waals surface area contributed by atoms with E-state index in [1.165, 1.54) is 19.4 Å². The number of allylic oxidation sites excluding steroid dienone is 2. The molecule has 1 rings (SSSR count). The standard InChI is InChI=1S/C14H22O4/c1-10-6-5-7-13(17-11(2)15)14(4,9-8-10)18-12(3)16/h6,13H,5,7-9H2,1-4H3/b10-6-. The highest BCUT2D eigenvalue weighted by Gasteiger charge is 2.39. The van der Waals surface area contributed by atoms with E-state index in [1.54, 1.807) is 0 Å². The maximum absolute atomic E-state index is 11.3. The predicted octanol–water partition coefficient (Wildman–Crippen LogP) is 2.76. The summed E-state index contributed by atoms with van der Waals surface area (Å²) in [6.45, 7) is 6.69. The molecule has 0 aromatic carbocycles. The summed E-state index contributed by atoms with van der Waals surface area (Å²) in [4.78, 5) is 22.4. The first-order valence-corrected chi connectivity index (χ1v) is 6.36. The van der Waals surface area contributed by atoms with Crippen molar-refractivity contribution in [2.75, 3.05) is 0 Å². The molecule has 0 fully saturated rings. The van der Waals surface area contributed by atoms with Gasteiger partial charge in [-0.05, 0) is 39.5 Å². The number of hydrogen-bond acceptors (Lipinski definition) is 4. The summed E-state index contributed by atoms with van der Waals surface area (Å²) >= 11 is 0. The lowest BCUT2D eigenvalue weighted by molar-refractivity contribution is -0.183. The third-order valence-electron chi connectivity index (χ3n) is 3.30. The molecule has 0 radical (unpaired) electrons. The number of ether oxygens (including phenoxy) is 2. The molecule has 0 bridgehead atoms. The third-order valence-corrected chi connectivity index (χ3v) is 3.30. The van der Waals surface area contributed by atoms with Gasteiger partial charge in [0.2, 0.25) is 0 Å². The fraction of sp³-hybridized carbons (Fsp3) is 0.714. The molecule has 0 aromatic rings. The molecule has 0 aliphatic heterocycles. The average Bonchev–Trinajstić information content (AvgIpc) is 2.22. The molecular formula is C14H22O4. The Labute approximate surface area is 108 Å². The highest BCUT2D eigenvalue weighted by molar-refractivity contribution is 5.67. The molecule has 0 spiro atoms. The lowest BCUT2D eigenvalue weighted by atomic mass is 9.86. The van der Waals surface area contributed by atoms with Crippen molar-refractivity contribution in [3.63, 3.8) is 0 Å². The van der Waals surface area contributed by atoms with Crippen molar-refractivity contribution in [1.29, 1.82) is 0 Å². The van der Waals surface area contributed by atoms with E-state index in [1.807, 2.05) is 6.92 Å². The van der Waals surface area contributed by atoms with Crippen LogP contribution in [-0.4, -0.2) is 23.6 Å². The molecule has 0 N–H and O–H groups in total. The van der Waals surface area contributed by atoms with Crippen LogP contribution in [0.4, 0.5) is 0 Å². The molecule has 1 aliphatic rings. The molecule has 1 aliphatic carbocycles. The van der Waals surface area contributed by atoms with Gasteiger partial charge in [-0.3, -0.25) is 9.59 Å². The number of carbonyl (C=O) groups is 2. The summed E-state index contributed by atoms with van der Waals surface area (Å²) < 4.78 is 10.8. The largest absolute Gasteiger partial charge is 0.458 e. The summed E-state index contributed by atoms with van der Waals surface area (Å²) in [5, 5.41) is 0. The van der Waals surface area contributed by atoms with Crippen molar-refractivity contribution in [2.45, 2.75) is 65.1 Å². The molecule has 4 nitrogen and oxygen atoms in total. The Kier molecular flexibility index (Phi) is 4.93. The highest BCUT2D eigenvalue weighted by Crippen LogP contribution is 2.32. The normalized spacial score (nSPS) is 31.6. The predicted molar refractivity (Wildman–Crippen MR) is 68.0 cm³/mol. The van der Waals surface area contributed by atoms with Crippen LogP contribution in [0.3, 0.4) is 0 Å². The van der Waals surface area contributed by atoms with Crippen molar-refractivity contribution in [1.82, 2.24) is 0 Å². The fourth-order valence-electron chi connectivity index (χ4n) is 2.32. The fourth-order valence-corrected chi connectivity index (χ4v) is 2.32. The highest BCUT2D eigenvalue weighted by atomic mass is 16.6. The number of esters is 2. The van der Waals surface area contributed by atoms with Crippen LogP contribution in [0, 0.1) is 0 Å². The summed E-state index contributed by atoms with van der Waals surface area (Å²) in [7, 11) is 0. The molecule has 4 heteroatoms. The number of carbonyl (C=O) groups excluding carboxylic acids is 2. The third kappa shape index (κ3) is 4.17. The molecule has 0 amide bonds. The van der Waals surface area contributed by atoms with Crippen LogP contribution in [0.5, 0.6) is 0 Å². The van der Waals surface area contributed by atoms with Gasteiger partial charge in [0.25, 0.3) is 0 Å². The molecule has 0 saturated carbocycles. The summed E-state index contributed by atoms with van der Waals surface area (Å²) in [6.07, 6.45) is 4.82. The zero-order chi connectivity index (χ0) is 13.8. The van der Waals surface area contributed by atoms with Gasteiger partial charge < -0.3 is 9.47 Å². The van der Waals surface area contributed by atoms with Gasteiger partial charge in [0.1, 0.15) is 11.7 Å². The Hall–Kier alpha value is -1.32. The first-order valence-electron chi connectivity index (χ1n) is 6.36. The quantitative estimate of drug-likeness (QED) is 0.561. The summed E-state index contributed by atoms with van der Waals surface area (Å²) in [6, 6.07) is 0. The van der Waals surface area contributed by atoms with E-state index in [9.17, 15) is 9.59 Å². The minimum absolute atomic E-state index is 0.334. The van der Waals surface area contributed by atoms with Crippen LogP contribution in [0.25, 0.3) is 0 Å². The second-order valence-electron chi connectivity index (χ2n) is 5.13. The van der Waals surface area contributed by atoms with Crippen LogP contribution in [-0.2, 0) is 19.1 Å². The van der Waals surface area contributed by atoms with Gasteiger partial charge in [0, 0.05) is 13.8 Å². The Morgan fingerprint density at radius 2 is 2.00 bits per heavy atom. The van der Waals surface area contributed by atoms with Gasteiger partial charge in [-0.15, -0.1) is 0 Å². The molecule has 0 aromatic heterocycles. The van der Waals surface area contributed by atoms with E-state index in [-0.39, 0.29) is 18.0 Å². The van der Waals surface area contributed by atoms with Crippen molar-refractivity contribution in [2.24, 2.45) is 0 Å². The Balaban J connectivity index is 2.91. The maximum Gasteiger partial charge on any atom is 0.303 e. The monoisotopic (exact) mass is 254 g/mol. The van der Waals surface area contributed by atoms with Crippen LogP contribution in [0.1, 0.15) is 53.4 Å².